The van der Waals surface area contributed by atoms with Gasteiger partial charge in [0.2, 0.25) is 5.78 Å². The Kier molecular flexibility index (Phi) is 6.96. The molecule has 0 bridgehead atoms. The summed E-state index contributed by atoms with van der Waals surface area (Å²) in [7, 11) is 2.99. The molecule has 2 fully saturated rings. The van der Waals surface area contributed by atoms with Crippen LogP contribution in [-0.2, 0) is 14.3 Å². The molecule has 33 heavy (non-hydrogen) atoms. The number of nitrogens with zero attached hydrogens (tertiary/aromatic N) is 1. The Balaban J connectivity index is 1.73. The van der Waals surface area contributed by atoms with Crippen LogP contribution in [0.15, 0.2) is 54.1 Å². The summed E-state index contributed by atoms with van der Waals surface area (Å²) in [6.07, 6.45) is 0. The van der Waals surface area contributed by atoms with Crippen LogP contribution in [0, 0.1) is 0 Å². The fourth-order valence-corrected chi connectivity index (χ4v) is 4.40. The second-order valence-electron chi connectivity index (χ2n) is 8.07. The largest absolute Gasteiger partial charge is 0.872 e. The Bertz CT molecular complexity index is 1050. The maximum absolute atomic E-state index is 13.6. The van der Waals surface area contributed by atoms with Crippen molar-refractivity contribution in [2.45, 2.75) is 6.04 Å². The van der Waals surface area contributed by atoms with Gasteiger partial charge in [0.1, 0.15) is 13.1 Å². The van der Waals surface area contributed by atoms with Crippen molar-refractivity contribution >= 4 is 17.4 Å². The number of morpholine rings is 1. The van der Waals surface area contributed by atoms with Gasteiger partial charge in [-0.25, -0.2) is 0 Å². The lowest BCUT2D eigenvalue weighted by Crippen LogP contribution is -3.14. The van der Waals surface area contributed by atoms with Gasteiger partial charge in [0.25, 0.3) is 5.91 Å². The van der Waals surface area contributed by atoms with Gasteiger partial charge in [0.15, 0.2) is 11.5 Å². The smallest absolute Gasteiger partial charge is 0.295 e. The number of nitrogens with one attached hydrogen (secondary N) is 1. The number of ether oxygens (including phenoxy) is 3. The van der Waals surface area contributed by atoms with Crippen molar-refractivity contribution in [2.75, 3.05) is 53.6 Å². The first-order valence-electron chi connectivity index (χ1n) is 11.0. The summed E-state index contributed by atoms with van der Waals surface area (Å²) in [6, 6.07) is 13.2. The Hall–Kier alpha value is -3.36. The summed E-state index contributed by atoms with van der Waals surface area (Å²) in [5.74, 6) is -1.02. The molecule has 2 heterocycles. The van der Waals surface area contributed by atoms with E-state index in [-0.39, 0.29) is 11.1 Å². The molecule has 1 N–H and O–H groups in total. The van der Waals surface area contributed by atoms with E-state index in [0.29, 0.717) is 37.8 Å². The van der Waals surface area contributed by atoms with Gasteiger partial charge in [0, 0.05) is 5.57 Å². The number of Topliss-reactive ketones (excluding diaryl/α,β-unsaturated/α-hetero) is 1. The van der Waals surface area contributed by atoms with E-state index in [1.165, 1.54) is 30.1 Å². The van der Waals surface area contributed by atoms with Crippen molar-refractivity contribution in [2.24, 2.45) is 0 Å². The Morgan fingerprint density at radius 1 is 1.06 bits per heavy atom. The fourth-order valence-electron chi connectivity index (χ4n) is 4.40. The molecule has 2 aromatic carbocycles. The molecular weight excluding hydrogens is 424 g/mol. The summed E-state index contributed by atoms with van der Waals surface area (Å²) in [5.41, 5.74) is 0.971. The van der Waals surface area contributed by atoms with E-state index in [0.717, 1.165) is 18.7 Å². The first-order valence-corrected chi connectivity index (χ1v) is 11.0. The normalized spacial score (nSPS) is 20.8. The van der Waals surface area contributed by atoms with E-state index in [4.69, 9.17) is 14.2 Å². The average Bonchev–Trinajstić information content (AvgIpc) is 3.12. The average molecular weight is 453 g/mol. The Morgan fingerprint density at radius 3 is 2.42 bits per heavy atom. The third kappa shape index (κ3) is 4.58. The maximum Gasteiger partial charge on any atom is 0.295 e. The van der Waals surface area contributed by atoms with Crippen molar-refractivity contribution in [3.8, 4) is 11.5 Å². The van der Waals surface area contributed by atoms with Crippen molar-refractivity contribution in [1.29, 1.82) is 0 Å². The molecule has 4 rings (SSSR count). The number of carbonyl (C=O) groups excluding carboxylic acids is 2. The van der Waals surface area contributed by atoms with Crippen LogP contribution in [0.25, 0.3) is 5.76 Å². The van der Waals surface area contributed by atoms with E-state index in [1.54, 1.807) is 12.1 Å². The lowest BCUT2D eigenvalue weighted by Gasteiger charge is -2.30. The highest BCUT2D eigenvalue weighted by Crippen LogP contribution is 2.39. The second-order valence-corrected chi connectivity index (χ2v) is 8.07. The first kappa shape index (κ1) is 22.8. The van der Waals surface area contributed by atoms with Gasteiger partial charge < -0.3 is 29.1 Å². The van der Waals surface area contributed by atoms with Crippen molar-refractivity contribution in [3.63, 3.8) is 0 Å². The van der Waals surface area contributed by atoms with Crippen LogP contribution in [0.4, 0.5) is 0 Å². The number of methoxy groups -OCH3 is 2. The van der Waals surface area contributed by atoms with Crippen LogP contribution in [0.5, 0.6) is 11.5 Å². The van der Waals surface area contributed by atoms with Crippen LogP contribution in [-0.4, -0.2) is 70.2 Å². The number of ketones is 1. The molecule has 0 spiro atoms. The lowest BCUT2D eigenvalue weighted by molar-refractivity contribution is -0.907. The summed E-state index contributed by atoms with van der Waals surface area (Å²) >= 11 is 0. The summed E-state index contributed by atoms with van der Waals surface area (Å²) < 4.78 is 16.0. The van der Waals surface area contributed by atoms with Gasteiger partial charge in [-0.05, 0) is 23.3 Å². The highest BCUT2D eigenvalue weighted by atomic mass is 16.5. The van der Waals surface area contributed by atoms with E-state index < -0.39 is 23.5 Å². The van der Waals surface area contributed by atoms with E-state index in [1.807, 2.05) is 30.3 Å². The van der Waals surface area contributed by atoms with Gasteiger partial charge in [-0.3, -0.25) is 9.59 Å². The predicted molar refractivity (Wildman–Crippen MR) is 119 cm³/mol. The monoisotopic (exact) mass is 452 g/mol. The van der Waals surface area contributed by atoms with Crippen LogP contribution >= 0.6 is 0 Å². The minimum Gasteiger partial charge on any atom is -0.872 e. The number of likely N-dealkylation sites (tertiary alicyclic amines) is 1. The Labute approximate surface area is 193 Å². The van der Waals surface area contributed by atoms with Crippen LogP contribution in [0.2, 0.25) is 0 Å². The molecule has 2 saturated heterocycles. The molecule has 0 aromatic heterocycles. The standard InChI is InChI=1S/C25H28N2O6/c1-31-19-9-8-18(16-20(19)32-2)23(28)21-22(17-6-4-3-5-7-17)27(25(30)24(21)29)11-10-26-12-14-33-15-13-26/h3-9,16,22,28H,10-15H2,1-2H3. The number of hydrogen-bond donors (Lipinski definition) is 1. The van der Waals surface area contributed by atoms with Crippen LogP contribution in [0.3, 0.4) is 0 Å². The van der Waals surface area contributed by atoms with Crippen molar-refractivity contribution < 1.29 is 33.8 Å². The van der Waals surface area contributed by atoms with Crippen molar-refractivity contribution in [1.82, 2.24) is 4.90 Å². The summed E-state index contributed by atoms with van der Waals surface area (Å²) in [4.78, 5) is 29.0. The minimum absolute atomic E-state index is 0.0320. The van der Waals surface area contributed by atoms with Gasteiger partial charge >= 0.3 is 0 Å². The van der Waals surface area contributed by atoms with E-state index >= 15 is 0 Å². The summed E-state index contributed by atoms with van der Waals surface area (Å²) in [5, 5.41) is 13.6. The Morgan fingerprint density at radius 2 is 1.76 bits per heavy atom. The zero-order chi connectivity index (χ0) is 23.4. The van der Waals surface area contributed by atoms with E-state index in [9.17, 15) is 14.7 Å². The molecule has 2 aliphatic rings. The molecular formula is C25H28N2O6. The summed E-state index contributed by atoms with van der Waals surface area (Å²) in [6.45, 7) is 4.13. The number of hydrogen-bond acceptors (Lipinski definition) is 6. The third-order valence-electron chi connectivity index (χ3n) is 6.20. The molecule has 2 aromatic rings. The zero-order valence-corrected chi connectivity index (χ0v) is 18.8. The van der Waals surface area contributed by atoms with Crippen LogP contribution in [0.1, 0.15) is 17.2 Å². The number of quaternary nitrogens is 1. The van der Waals surface area contributed by atoms with Gasteiger partial charge in [-0.1, -0.05) is 42.2 Å². The second kappa shape index (κ2) is 10.1. The highest BCUT2D eigenvalue weighted by molar-refractivity contribution is 6.46. The molecule has 1 unspecified atom stereocenters. The minimum atomic E-state index is -0.749. The predicted octanol–water partition coefficient (Wildman–Crippen LogP) is -0.157. The van der Waals surface area contributed by atoms with E-state index in [2.05, 4.69) is 0 Å². The number of carbonyl (C=O) groups is 2. The number of amides is 1. The molecule has 1 amide bonds. The third-order valence-corrected chi connectivity index (χ3v) is 6.20. The number of benzene rings is 2. The van der Waals surface area contributed by atoms with Gasteiger partial charge in [-0.15, -0.1) is 0 Å². The molecule has 1 atom stereocenters. The highest BCUT2D eigenvalue weighted by Gasteiger charge is 2.44. The lowest BCUT2D eigenvalue weighted by atomic mass is 9.95. The first-order chi connectivity index (χ1) is 16.0. The van der Waals surface area contributed by atoms with Gasteiger partial charge in [-0.2, -0.15) is 0 Å². The topological polar surface area (TPSA) is 92.6 Å². The zero-order valence-electron chi connectivity index (χ0n) is 18.8. The van der Waals surface area contributed by atoms with Gasteiger partial charge in [0.05, 0.1) is 46.6 Å². The molecule has 2 aliphatic heterocycles. The SMILES string of the molecule is COc1ccc(C([O-])=C2C(=O)C(=O)N(CC[NH+]3CCOCC3)C2c2ccccc2)cc1OC. The van der Waals surface area contributed by atoms with Crippen LogP contribution < -0.4 is 19.5 Å². The molecule has 8 nitrogen and oxygen atoms in total. The van der Waals surface area contributed by atoms with Crippen molar-refractivity contribution in [3.05, 3.63) is 65.2 Å². The molecule has 8 heteroatoms. The molecule has 174 valence electrons. The molecule has 0 aliphatic carbocycles. The maximum atomic E-state index is 13.6. The fraction of sp³-hybridized carbons (Fsp3) is 0.360. The quantitative estimate of drug-likeness (QED) is 0.357. The molecule has 0 radical (unpaired) electrons. The molecule has 0 saturated carbocycles. The number of rotatable bonds is 7.